The van der Waals surface area contributed by atoms with E-state index in [4.69, 9.17) is 8.75 Å². The van der Waals surface area contributed by atoms with E-state index < -0.39 is 0 Å². The second-order valence-electron chi connectivity index (χ2n) is 11.2. The van der Waals surface area contributed by atoms with Crippen LogP contribution in [0.5, 0.6) is 0 Å². The number of anilines is 6. The van der Waals surface area contributed by atoms with Crippen LogP contribution in [0.25, 0.3) is 33.3 Å². The van der Waals surface area contributed by atoms with Crippen molar-refractivity contribution >= 4 is 56.9 Å². The minimum atomic E-state index is 0.919. The Morgan fingerprint density at radius 3 is 0.872 bits per heavy atom. The molecule has 0 amide bonds. The van der Waals surface area contributed by atoms with E-state index in [0.717, 1.165) is 67.4 Å². The monoisotopic (exact) mass is 622 g/mol. The van der Waals surface area contributed by atoms with Crippen LogP contribution in [0.15, 0.2) is 182 Å². The van der Waals surface area contributed by atoms with Gasteiger partial charge in [0.2, 0.25) is 0 Å². The van der Waals surface area contributed by atoms with Crippen molar-refractivity contribution in [3.63, 3.8) is 0 Å². The number of fused-ring (bicyclic) bond motifs is 1. The Morgan fingerprint density at radius 2 is 0.574 bits per heavy atom. The van der Waals surface area contributed by atoms with Crippen molar-refractivity contribution in [3.8, 4) is 22.3 Å². The predicted molar refractivity (Wildman–Crippen MR) is 198 cm³/mol. The Labute approximate surface area is 278 Å². The molecule has 7 aromatic carbocycles. The third kappa shape index (κ3) is 5.65. The first kappa shape index (κ1) is 28.4. The molecule has 4 nitrogen and oxygen atoms in total. The van der Waals surface area contributed by atoms with E-state index in [2.05, 4.69) is 168 Å². The molecule has 1 heterocycles. The standard InChI is InChI=1S/C42H30N4S/c1-5-13-33(14-6-1)45(34-15-7-2-8-16-34)37-25-21-31(22-26-37)39-29-30-40(42-41(39)43-47-44-42)32-23-27-38(28-24-32)46(35-17-9-3-10-18-35)36-19-11-4-12-20-36/h1-30H. The van der Waals surface area contributed by atoms with Crippen molar-refractivity contribution in [1.29, 1.82) is 0 Å². The summed E-state index contributed by atoms with van der Waals surface area (Å²) >= 11 is 1.26. The van der Waals surface area contributed by atoms with Gasteiger partial charge in [0.05, 0.1) is 11.7 Å². The molecule has 47 heavy (non-hydrogen) atoms. The number of benzene rings is 7. The molecule has 5 heteroatoms. The van der Waals surface area contributed by atoms with E-state index >= 15 is 0 Å². The molecule has 0 atom stereocenters. The van der Waals surface area contributed by atoms with Crippen molar-refractivity contribution in [2.24, 2.45) is 0 Å². The van der Waals surface area contributed by atoms with Crippen LogP contribution in [0.1, 0.15) is 0 Å². The molecule has 0 fully saturated rings. The molecule has 8 rings (SSSR count). The number of hydrogen-bond donors (Lipinski definition) is 0. The maximum absolute atomic E-state index is 4.77. The summed E-state index contributed by atoms with van der Waals surface area (Å²) in [6.07, 6.45) is 0. The lowest BCUT2D eigenvalue weighted by atomic mass is 9.97. The Bertz CT molecular complexity index is 1980. The van der Waals surface area contributed by atoms with Crippen LogP contribution >= 0.6 is 11.7 Å². The molecule has 0 bridgehead atoms. The first-order valence-corrected chi connectivity index (χ1v) is 16.3. The second-order valence-corrected chi connectivity index (χ2v) is 11.8. The van der Waals surface area contributed by atoms with Gasteiger partial charge in [-0.1, -0.05) is 109 Å². The van der Waals surface area contributed by atoms with Gasteiger partial charge in [-0.3, -0.25) is 0 Å². The zero-order chi connectivity index (χ0) is 31.4. The van der Waals surface area contributed by atoms with Gasteiger partial charge in [-0.2, -0.15) is 8.75 Å². The highest BCUT2D eigenvalue weighted by Crippen LogP contribution is 2.40. The van der Waals surface area contributed by atoms with Crippen LogP contribution in [-0.4, -0.2) is 8.75 Å². The number of nitrogens with zero attached hydrogens (tertiary/aromatic N) is 4. The van der Waals surface area contributed by atoms with Crippen molar-refractivity contribution in [2.45, 2.75) is 0 Å². The predicted octanol–water partition coefficient (Wildman–Crippen LogP) is 12.0. The Balaban J connectivity index is 1.12. The molecule has 1 aromatic heterocycles. The van der Waals surface area contributed by atoms with Gasteiger partial charge in [0.1, 0.15) is 11.0 Å². The van der Waals surface area contributed by atoms with Gasteiger partial charge in [-0.15, -0.1) is 0 Å². The van der Waals surface area contributed by atoms with E-state index in [1.54, 1.807) is 0 Å². The van der Waals surface area contributed by atoms with E-state index in [-0.39, 0.29) is 0 Å². The molecule has 0 radical (unpaired) electrons. The molecule has 0 N–H and O–H groups in total. The number of para-hydroxylation sites is 4. The van der Waals surface area contributed by atoms with Crippen molar-refractivity contribution in [2.75, 3.05) is 9.80 Å². The average Bonchev–Trinajstić information content (AvgIpc) is 3.65. The van der Waals surface area contributed by atoms with Gasteiger partial charge >= 0.3 is 0 Å². The normalized spacial score (nSPS) is 11.0. The lowest BCUT2D eigenvalue weighted by Gasteiger charge is -2.25. The highest BCUT2D eigenvalue weighted by molar-refractivity contribution is 7.00. The summed E-state index contributed by atoms with van der Waals surface area (Å²) in [6.45, 7) is 0. The first-order chi connectivity index (χ1) is 23.3. The van der Waals surface area contributed by atoms with E-state index in [1.165, 1.54) is 11.7 Å². The van der Waals surface area contributed by atoms with E-state index in [1.807, 2.05) is 24.3 Å². The van der Waals surface area contributed by atoms with Gasteiger partial charge in [0.15, 0.2) is 0 Å². The fourth-order valence-electron chi connectivity index (χ4n) is 6.12. The fourth-order valence-corrected chi connectivity index (χ4v) is 6.69. The number of hydrogen-bond acceptors (Lipinski definition) is 5. The molecule has 224 valence electrons. The number of aromatic nitrogens is 2. The third-order valence-corrected chi connectivity index (χ3v) is 8.87. The number of rotatable bonds is 8. The SMILES string of the molecule is c1ccc(N(c2ccccc2)c2ccc(-c3ccc(-c4ccc(N(c5ccccc5)c5ccccc5)cc4)c4nsnc34)cc2)cc1. The van der Waals surface area contributed by atoms with Crippen LogP contribution in [0.4, 0.5) is 34.1 Å². The average molecular weight is 623 g/mol. The molecule has 0 unspecified atom stereocenters. The zero-order valence-electron chi connectivity index (χ0n) is 25.5. The zero-order valence-corrected chi connectivity index (χ0v) is 26.3. The van der Waals surface area contributed by atoms with Crippen LogP contribution in [0.2, 0.25) is 0 Å². The smallest absolute Gasteiger partial charge is 0.113 e. The fraction of sp³-hybridized carbons (Fsp3) is 0. The van der Waals surface area contributed by atoms with Crippen molar-refractivity contribution < 1.29 is 0 Å². The first-order valence-electron chi connectivity index (χ1n) is 15.6. The summed E-state index contributed by atoms with van der Waals surface area (Å²) in [5.74, 6) is 0. The molecule has 0 spiro atoms. The summed E-state index contributed by atoms with van der Waals surface area (Å²) in [4.78, 5) is 4.54. The minimum absolute atomic E-state index is 0.919. The van der Waals surface area contributed by atoms with Crippen molar-refractivity contribution in [1.82, 2.24) is 8.75 Å². The van der Waals surface area contributed by atoms with Crippen LogP contribution < -0.4 is 9.80 Å². The second kappa shape index (κ2) is 12.8. The molecular formula is C42H30N4S. The molecule has 0 aliphatic carbocycles. The molecule has 0 aliphatic rings. The van der Waals surface area contributed by atoms with Crippen LogP contribution in [-0.2, 0) is 0 Å². The lowest BCUT2D eigenvalue weighted by molar-refractivity contribution is 1.28. The topological polar surface area (TPSA) is 32.3 Å². The van der Waals surface area contributed by atoms with Crippen LogP contribution in [0.3, 0.4) is 0 Å². The van der Waals surface area contributed by atoms with Gasteiger partial charge < -0.3 is 9.80 Å². The minimum Gasteiger partial charge on any atom is -0.311 e. The van der Waals surface area contributed by atoms with Gasteiger partial charge in [-0.25, -0.2) is 0 Å². The Kier molecular flexibility index (Phi) is 7.72. The quantitative estimate of drug-likeness (QED) is 0.169. The van der Waals surface area contributed by atoms with Gasteiger partial charge in [0.25, 0.3) is 0 Å². The Morgan fingerprint density at radius 1 is 0.298 bits per heavy atom. The molecule has 0 aliphatic heterocycles. The van der Waals surface area contributed by atoms with E-state index in [9.17, 15) is 0 Å². The summed E-state index contributed by atoms with van der Waals surface area (Å²) in [7, 11) is 0. The van der Waals surface area contributed by atoms with Crippen LogP contribution in [0, 0.1) is 0 Å². The molecule has 0 saturated heterocycles. The van der Waals surface area contributed by atoms with E-state index in [0.29, 0.717) is 0 Å². The van der Waals surface area contributed by atoms with Crippen molar-refractivity contribution in [3.05, 3.63) is 182 Å². The third-order valence-electron chi connectivity index (χ3n) is 8.35. The summed E-state index contributed by atoms with van der Waals surface area (Å²) in [5.41, 5.74) is 12.8. The molecular weight excluding hydrogens is 593 g/mol. The Hall–Kier alpha value is -6.04. The van der Waals surface area contributed by atoms with Gasteiger partial charge in [-0.05, 0) is 83.9 Å². The largest absolute Gasteiger partial charge is 0.311 e. The summed E-state index contributed by atoms with van der Waals surface area (Å²) in [5, 5.41) is 0. The molecule has 0 saturated carbocycles. The summed E-state index contributed by atoms with van der Waals surface area (Å²) < 4.78 is 9.54. The molecule has 8 aromatic rings. The maximum atomic E-state index is 4.77. The lowest BCUT2D eigenvalue weighted by Crippen LogP contribution is -2.09. The highest BCUT2D eigenvalue weighted by atomic mass is 32.1. The maximum Gasteiger partial charge on any atom is 0.113 e. The van der Waals surface area contributed by atoms with Gasteiger partial charge in [0, 0.05) is 45.3 Å². The summed E-state index contributed by atoms with van der Waals surface area (Å²) in [6, 6.07) is 63.6. The highest BCUT2D eigenvalue weighted by Gasteiger charge is 2.17.